The second-order valence-corrected chi connectivity index (χ2v) is 4.55. The number of nitrogens with two attached hydrogens (primary N) is 1. The van der Waals surface area contributed by atoms with Gasteiger partial charge in [0.25, 0.3) is 0 Å². The van der Waals surface area contributed by atoms with E-state index in [-0.39, 0.29) is 5.41 Å². The predicted molar refractivity (Wildman–Crippen MR) is 64.5 cm³/mol. The van der Waals surface area contributed by atoms with Crippen molar-refractivity contribution in [3.8, 4) is 11.5 Å². The molecule has 16 heavy (non-hydrogen) atoms. The zero-order chi connectivity index (χ0) is 11.8. The number of methoxy groups -OCH3 is 2. The molecular weight excluding hydrogens is 226 g/mol. The second-order valence-electron chi connectivity index (χ2n) is 4.14. The third-order valence-electron chi connectivity index (χ3n) is 3.27. The van der Waals surface area contributed by atoms with Gasteiger partial charge < -0.3 is 15.2 Å². The molecule has 0 aromatic heterocycles. The first-order valence-electron chi connectivity index (χ1n) is 5.29. The van der Waals surface area contributed by atoms with E-state index in [4.69, 9.17) is 26.8 Å². The molecular formula is C12H16ClNO2. The molecule has 1 fully saturated rings. The Kier molecular flexibility index (Phi) is 3.00. The van der Waals surface area contributed by atoms with Crippen molar-refractivity contribution in [2.24, 2.45) is 5.73 Å². The monoisotopic (exact) mass is 241 g/mol. The number of hydrogen-bond acceptors (Lipinski definition) is 3. The minimum Gasteiger partial charge on any atom is -0.496 e. The highest BCUT2D eigenvalue weighted by atomic mass is 35.5. The van der Waals surface area contributed by atoms with Gasteiger partial charge in [-0.05, 0) is 25.0 Å². The number of ether oxygens (including phenoxy) is 2. The van der Waals surface area contributed by atoms with E-state index in [1.807, 2.05) is 6.07 Å². The average Bonchev–Trinajstić information content (AvgIpc) is 3.09. The van der Waals surface area contributed by atoms with E-state index in [1.165, 1.54) is 0 Å². The van der Waals surface area contributed by atoms with Crippen molar-refractivity contribution in [2.45, 2.75) is 18.3 Å². The smallest absolute Gasteiger partial charge is 0.144 e. The Labute approximate surface area is 100 Å². The van der Waals surface area contributed by atoms with E-state index in [1.54, 1.807) is 20.3 Å². The van der Waals surface area contributed by atoms with Crippen molar-refractivity contribution >= 4 is 11.6 Å². The van der Waals surface area contributed by atoms with Crippen LogP contribution in [0.4, 0.5) is 0 Å². The van der Waals surface area contributed by atoms with Gasteiger partial charge in [0.05, 0.1) is 19.2 Å². The van der Waals surface area contributed by atoms with Gasteiger partial charge >= 0.3 is 0 Å². The van der Waals surface area contributed by atoms with Gasteiger partial charge in [0.2, 0.25) is 0 Å². The number of halogens is 1. The molecule has 0 aliphatic heterocycles. The Morgan fingerprint density at radius 1 is 1.31 bits per heavy atom. The summed E-state index contributed by atoms with van der Waals surface area (Å²) in [5.74, 6) is 1.51. The third-order valence-corrected chi connectivity index (χ3v) is 3.57. The predicted octanol–water partition coefficient (Wildman–Crippen LogP) is 2.35. The summed E-state index contributed by atoms with van der Waals surface area (Å²) >= 11 is 6.13. The average molecular weight is 242 g/mol. The summed E-state index contributed by atoms with van der Waals surface area (Å²) in [6, 6.07) is 3.66. The molecule has 0 radical (unpaired) electrons. The summed E-state index contributed by atoms with van der Waals surface area (Å²) in [6.45, 7) is 0.597. The summed E-state index contributed by atoms with van der Waals surface area (Å²) in [6.07, 6.45) is 2.13. The maximum Gasteiger partial charge on any atom is 0.144 e. The van der Waals surface area contributed by atoms with Crippen molar-refractivity contribution in [3.05, 3.63) is 22.7 Å². The number of rotatable bonds is 4. The maximum atomic E-state index is 6.13. The van der Waals surface area contributed by atoms with Crippen LogP contribution in [0, 0.1) is 0 Å². The summed E-state index contributed by atoms with van der Waals surface area (Å²) in [7, 11) is 3.27. The first-order chi connectivity index (χ1) is 7.68. The van der Waals surface area contributed by atoms with E-state index in [0.29, 0.717) is 17.3 Å². The van der Waals surface area contributed by atoms with Crippen molar-refractivity contribution in [2.75, 3.05) is 20.8 Å². The molecule has 0 amide bonds. The lowest BCUT2D eigenvalue weighted by Gasteiger charge is -2.21. The van der Waals surface area contributed by atoms with Gasteiger partial charge in [-0.2, -0.15) is 0 Å². The molecule has 0 saturated heterocycles. The van der Waals surface area contributed by atoms with E-state index in [2.05, 4.69) is 0 Å². The van der Waals surface area contributed by atoms with Crippen LogP contribution in [0.1, 0.15) is 18.4 Å². The number of benzene rings is 1. The number of hydrogen-bond donors (Lipinski definition) is 1. The minimum absolute atomic E-state index is 0.00157. The fourth-order valence-corrected chi connectivity index (χ4v) is 2.35. The van der Waals surface area contributed by atoms with Gasteiger partial charge in [-0.3, -0.25) is 0 Å². The summed E-state index contributed by atoms with van der Waals surface area (Å²) in [4.78, 5) is 0. The normalized spacial score (nSPS) is 17.0. The highest BCUT2D eigenvalue weighted by molar-refractivity contribution is 6.32. The van der Waals surface area contributed by atoms with E-state index >= 15 is 0 Å². The highest BCUT2D eigenvalue weighted by Crippen LogP contribution is 2.55. The van der Waals surface area contributed by atoms with Crippen molar-refractivity contribution in [1.29, 1.82) is 0 Å². The van der Waals surface area contributed by atoms with Crippen molar-refractivity contribution < 1.29 is 9.47 Å². The van der Waals surface area contributed by atoms with Crippen LogP contribution >= 0.6 is 11.6 Å². The van der Waals surface area contributed by atoms with Gasteiger partial charge in [-0.1, -0.05) is 11.6 Å². The van der Waals surface area contributed by atoms with Crippen LogP contribution in [0.15, 0.2) is 12.1 Å². The summed E-state index contributed by atoms with van der Waals surface area (Å²) < 4.78 is 10.8. The molecule has 3 nitrogen and oxygen atoms in total. The lowest BCUT2D eigenvalue weighted by Crippen LogP contribution is -2.21. The van der Waals surface area contributed by atoms with E-state index < -0.39 is 0 Å². The standard InChI is InChI=1S/C12H16ClNO2/c1-15-9-4-3-8(13)11(16-2)10(9)12(7-14)5-6-12/h3-4H,5-7,14H2,1-2H3. The lowest BCUT2D eigenvalue weighted by molar-refractivity contribution is 0.377. The lowest BCUT2D eigenvalue weighted by atomic mass is 9.94. The minimum atomic E-state index is 0.00157. The Hall–Kier alpha value is -0.930. The molecule has 1 saturated carbocycles. The molecule has 0 unspecified atom stereocenters. The van der Waals surface area contributed by atoms with Crippen LogP contribution in [0.25, 0.3) is 0 Å². The molecule has 2 rings (SSSR count). The van der Waals surface area contributed by atoms with Gasteiger partial charge in [0.15, 0.2) is 0 Å². The molecule has 88 valence electrons. The van der Waals surface area contributed by atoms with Crippen LogP contribution in [-0.2, 0) is 5.41 Å². The molecule has 1 aliphatic carbocycles. The topological polar surface area (TPSA) is 44.5 Å². The highest BCUT2D eigenvalue weighted by Gasteiger charge is 2.47. The first-order valence-corrected chi connectivity index (χ1v) is 5.67. The Morgan fingerprint density at radius 2 is 2.00 bits per heavy atom. The van der Waals surface area contributed by atoms with Gasteiger partial charge in [-0.25, -0.2) is 0 Å². The van der Waals surface area contributed by atoms with Gasteiger partial charge in [0.1, 0.15) is 11.5 Å². The van der Waals surface area contributed by atoms with Gasteiger partial charge in [-0.15, -0.1) is 0 Å². The van der Waals surface area contributed by atoms with E-state index in [9.17, 15) is 0 Å². The molecule has 1 aromatic carbocycles. The third kappa shape index (κ3) is 1.64. The molecule has 0 spiro atoms. The van der Waals surface area contributed by atoms with Crippen LogP contribution in [0.5, 0.6) is 11.5 Å². The first kappa shape index (κ1) is 11.6. The fraction of sp³-hybridized carbons (Fsp3) is 0.500. The largest absolute Gasteiger partial charge is 0.496 e. The zero-order valence-electron chi connectivity index (χ0n) is 9.55. The SMILES string of the molecule is COc1ccc(Cl)c(OC)c1C1(CN)CC1. The quantitative estimate of drug-likeness (QED) is 0.880. The van der Waals surface area contributed by atoms with Crippen molar-refractivity contribution in [3.63, 3.8) is 0 Å². The van der Waals surface area contributed by atoms with Crippen LogP contribution < -0.4 is 15.2 Å². The maximum absolute atomic E-state index is 6.13. The molecule has 1 aliphatic rings. The summed E-state index contributed by atoms with van der Waals surface area (Å²) in [5, 5.41) is 0.609. The zero-order valence-corrected chi connectivity index (χ0v) is 10.3. The van der Waals surface area contributed by atoms with Crippen LogP contribution in [0.2, 0.25) is 5.02 Å². The molecule has 4 heteroatoms. The molecule has 0 atom stereocenters. The molecule has 2 N–H and O–H groups in total. The van der Waals surface area contributed by atoms with E-state index in [0.717, 1.165) is 24.2 Å². The van der Waals surface area contributed by atoms with Crippen LogP contribution in [0.3, 0.4) is 0 Å². The van der Waals surface area contributed by atoms with Crippen LogP contribution in [-0.4, -0.2) is 20.8 Å². The molecule has 0 heterocycles. The fourth-order valence-electron chi connectivity index (χ4n) is 2.12. The molecule has 1 aromatic rings. The Balaban J connectivity index is 2.59. The molecule has 0 bridgehead atoms. The second kappa shape index (κ2) is 4.15. The summed E-state index contributed by atoms with van der Waals surface area (Å²) in [5.41, 5.74) is 6.87. The Morgan fingerprint density at radius 3 is 2.44 bits per heavy atom. The van der Waals surface area contributed by atoms with Crippen molar-refractivity contribution in [1.82, 2.24) is 0 Å². The van der Waals surface area contributed by atoms with Gasteiger partial charge in [0, 0.05) is 17.5 Å². The Bertz CT molecular complexity index is 402.